The molecule has 6 nitrogen and oxygen atoms in total. The highest BCUT2D eigenvalue weighted by Gasteiger charge is 2.63. The number of morpholine rings is 1. The van der Waals surface area contributed by atoms with Crippen molar-refractivity contribution in [1.29, 1.82) is 0 Å². The van der Waals surface area contributed by atoms with Crippen LogP contribution in [0.25, 0.3) is 22.2 Å². The third kappa shape index (κ3) is 3.20. The summed E-state index contributed by atoms with van der Waals surface area (Å²) in [6.45, 7) is 3.07. The van der Waals surface area contributed by atoms with Crippen LogP contribution in [0.4, 0.5) is 0 Å². The van der Waals surface area contributed by atoms with Crippen molar-refractivity contribution in [3.63, 3.8) is 0 Å². The standard InChI is InChI=1S/C30H32N2O4/c33-28(34)20-10-11-23-25(16-20)32-18-30(29(35)31-12-14-36-15-13-31)17-24(30)21-8-4-5-9-22(21)27(32)26(23)19-6-2-1-3-7-19/h4-5,8-11,16,19,24H,1-3,6-7,12-15,17-18H2,(H,33,34)/t24-,30?/m1/s1. The maximum atomic E-state index is 14.1. The van der Waals surface area contributed by atoms with E-state index in [0.717, 1.165) is 30.2 Å². The molecule has 3 heterocycles. The van der Waals surface area contributed by atoms with Crippen molar-refractivity contribution >= 4 is 22.8 Å². The average molecular weight is 485 g/mol. The normalized spacial score (nSPS) is 25.6. The van der Waals surface area contributed by atoms with Crippen LogP contribution in [0.15, 0.2) is 42.5 Å². The van der Waals surface area contributed by atoms with Gasteiger partial charge in [0, 0.05) is 42.0 Å². The molecule has 1 N–H and O–H groups in total. The first kappa shape index (κ1) is 22.1. The Kier molecular flexibility index (Phi) is 5.04. The summed E-state index contributed by atoms with van der Waals surface area (Å²) in [5, 5.41) is 11.0. The fourth-order valence-corrected chi connectivity index (χ4v) is 7.34. The van der Waals surface area contributed by atoms with Gasteiger partial charge in [0.1, 0.15) is 0 Å². The van der Waals surface area contributed by atoms with Crippen molar-refractivity contribution in [2.24, 2.45) is 5.41 Å². The summed E-state index contributed by atoms with van der Waals surface area (Å²) in [6, 6.07) is 14.2. The van der Waals surface area contributed by atoms with Crippen LogP contribution in [0, 0.1) is 5.41 Å². The molecule has 3 aromatic rings. The molecule has 4 aliphatic rings. The molecule has 2 saturated carbocycles. The molecule has 6 heteroatoms. The second kappa shape index (κ2) is 8.20. The average Bonchev–Trinajstić information content (AvgIpc) is 3.59. The Hall–Kier alpha value is -3.12. The van der Waals surface area contributed by atoms with Crippen molar-refractivity contribution in [3.05, 3.63) is 59.2 Å². The number of ether oxygens (including phenoxy) is 1. The largest absolute Gasteiger partial charge is 0.478 e. The predicted molar refractivity (Wildman–Crippen MR) is 137 cm³/mol. The Morgan fingerprint density at radius 2 is 1.78 bits per heavy atom. The summed E-state index contributed by atoms with van der Waals surface area (Å²) in [5.74, 6) is -0.0274. The Bertz CT molecular complexity index is 1380. The molecule has 36 heavy (non-hydrogen) atoms. The van der Waals surface area contributed by atoms with Gasteiger partial charge in [0.05, 0.1) is 29.9 Å². The first-order valence-electron chi connectivity index (χ1n) is 13.4. The van der Waals surface area contributed by atoms with Gasteiger partial charge in [-0.25, -0.2) is 4.79 Å². The lowest BCUT2D eigenvalue weighted by Gasteiger charge is -2.31. The maximum absolute atomic E-state index is 14.1. The van der Waals surface area contributed by atoms with E-state index in [-0.39, 0.29) is 11.8 Å². The lowest BCUT2D eigenvalue weighted by atomic mass is 9.81. The van der Waals surface area contributed by atoms with Crippen LogP contribution in [0.3, 0.4) is 0 Å². The number of aromatic carboxylic acids is 1. The van der Waals surface area contributed by atoms with Crippen LogP contribution in [0.1, 0.15) is 71.8 Å². The summed E-state index contributed by atoms with van der Waals surface area (Å²) in [6.07, 6.45) is 6.91. The van der Waals surface area contributed by atoms with E-state index in [1.165, 1.54) is 41.6 Å². The number of hydrogen-bond acceptors (Lipinski definition) is 3. The zero-order chi connectivity index (χ0) is 24.4. The van der Waals surface area contributed by atoms with Crippen molar-refractivity contribution in [1.82, 2.24) is 9.47 Å². The number of rotatable bonds is 3. The number of nitrogens with zero attached hydrogens (tertiary/aromatic N) is 2. The van der Waals surface area contributed by atoms with Gasteiger partial charge < -0.3 is 19.3 Å². The van der Waals surface area contributed by atoms with E-state index in [2.05, 4.69) is 28.8 Å². The topological polar surface area (TPSA) is 71.8 Å². The van der Waals surface area contributed by atoms with E-state index in [4.69, 9.17) is 4.74 Å². The molecular weight excluding hydrogens is 452 g/mol. The van der Waals surface area contributed by atoms with Gasteiger partial charge in [-0.15, -0.1) is 0 Å². The number of carboxylic acid groups (broad SMARTS) is 1. The molecule has 0 bridgehead atoms. The highest BCUT2D eigenvalue weighted by atomic mass is 16.5. The number of carbonyl (C=O) groups excluding carboxylic acids is 1. The molecule has 2 atom stereocenters. The minimum atomic E-state index is -0.913. The minimum Gasteiger partial charge on any atom is -0.478 e. The fraction of sp³-hybridized carbons (Fsp3) is 0.467. The van der Waals surface area contributed by atoms with Crippen molar-refractivity contribution in [3.8, 4) is 11.3 Å². The lowest BCUT2D eigenvalue weighted by molar-refractivity contribution is -0.141. The van der Waals surface area contributed by atoms with Gasteiger partial charge in [-0.05, 0) is 48.4 Å². The summed E-state index contributed by atoms with van der Waals surface area (Å²) in [4.78, 5) is 28.0. The first-order chi connectivity index (χ1) is 17.6. The van der Waals surface area contributed by atoms with Gasteiger partial charge >= 0.3 is 5.97 Å². The maximum Gasteiger partial charge on any atom is 0.335 e. The van der Waals surface area contributed by atoms with Gasteiger partial charge in [0.2, 0.25) is 5.91 Å². The second-order valence-corrected chi connectivity index (χ2v) is 11.1. The van der Waals surface area contributed by atoms with Crippen LogP contribution in [-0.2, 0) is 16.1 Å². The third-order valence-corrected chi connectivity index (χ3v) is 9.20. The quantitative estimate of drug-likeness (QED) is 0.540. The molecule has 1 aromatic heterocycles. The molecule has 2 aliphatic carbocycles. The molecule has 3 fully saturated rings. The van der Waals surface area contributed by atoms with Gasteiger partial charge in [0.15, 0.2) is 0 Å². The third-order valence-electron chi connectivity index (χ3n) is 9.20. The van der Waals surface area contributed by atoms with E-state index >= 15 is 0 Å². The zero-order valence-electron chi connectivity index (χ0n) is 20.5. The van der Waals surface area contributed by atoms with Crippen LogP contribution in [0.2, 0.25) is 0 Å². The van der Waals surface area contributed by atoms with Crippen molar-refractivity contribution in [2.45, 2.75) is 56.9 Å². The van der Waals surface area contributed by atoms with Crippen LogP contribution in [0.5, 0.6) is 0 Å². The SMILES string of the molecule is O=C(O)c1ccc2c(C3CCCCC3)c3n(c2c1)CC1(C(=O)N2CCOCC2)C[C@@H]1c1ccccc1-3. The highest BCUT2D eigenvalue weighted by Crippen LogP contribution is 2.65. The van der Waals surface area contributed by atoms with E-state index in [0.29, 0.717) is 44.3 Å². The highest BCUT2D eigenvalue weighted by molar-refractivity contribution is 5.99. The molecule has 0 spiro atoms. The molecule has 1 amide bonds. The fourth-order valence-electron chi connectivity index (χ4n) is 7.34. The summed E-state index contributed by atoms with van der Waals surface area (Å²) in [5.41, 5.74) is 5.87. The monoisotopic (exact) mass is 484 g/mol. The number of fused-ring (bicyclic) bond motifs is 7. The Morgan fingerprint density at radius 3 is 2.56 bits per heavy atom. The molecular formula is C30H32N2O4. The number of hydrogen-bond donors (Lipinski definition) is 1. The van der Waals surface area contributed by atoms with E-state index in [9.17, 15) is 14.7 Å². The van der Waals surface area contributed by atoms with Crippen molar-refractivity contribution < 1.29 is 19.4 Å². The Balaban J connectivity index is 1.47. The number of carboxylic acids is 1. The number of benzene rings is 2. The summed E-state index contributed by atoms with van der Waals surface area (Å²) >= 11 is 0. The van der Waals surface area contributed by atoms with Gasteiger partial charge in [-0.3, -0.25) is 4.79 Å². The molecule has 1 unspecified atom stereocenters. The lowest BCUT2D eigenvalue weighted by Crippen LogP contribution is -2.45. The van der Waals surface area contributed by atoms with Gasteiger partial charge in [-0.1, -0.05) is 49.6 Å². The molecule has 2 aromatic carbocycles. The molecule has 7 rings (SSSR count). The van der Waals surface area contributed by atoms with Crippen molar-refractivity contribution in [2.75, 3.05) is 26.3 Å². The number of aromatic nitrogens is 1. The van der Waals surface area contributed by atoms with E-state index in [1.54, 1.807) is 6.07 Å². The summed E-state index contributed by atoms with van der Waals surface area (Å²) < 4.78 is 7.86. The van der Waals surface area contributed by atoms with E-state index < -0.39 is 11.4 Å². The number of carbonyl (C=O) groups is 2. The summed E-state index contributed by atoms with van der Waals surface area (Å²) in [7, 11) is 0. The van der Waals surface area contributed by atoms with Crippen LogP contribution in [-0.4, -0.2) is 52.8 Å². The molecule has 186 valence electrons. The van der Waals surface area contributed by atoms with Gasteiger partial charge in [0.25, 0.3) is 0 Å². The van der Waals surface area contributed by atoms with Crippen LogP contribution < -0.4 is 0 Å². The molecule has 0 radical (unpaired) electrons. The van der Waals surface area contributed by atoms with E-state index in [1.807, 2.05) is 17.0 Å². The Labute approximate surface area is 210 Å². The smallest absolute Gasteiger partial charge is 0.335 e. The van der Waals surface area contributed by atoms with Gasteiger partial charge in [-0.2, -0.15) is 0 Å². The second-order valence-electron chi connectivity index (χ2n) is 11.1. The Morgan fingerprint density at radius 1 is 1.00 bits per heavy atom. The first-order valence-corrected chi connectivity index (χ1v) is 13.4. The molecule has 2 aliphatic heterocycles. The number of amides is 1. The van der Waals surface area contributed by atoms with Crippen LogP contribution >= 0.6 is 0 Å². The zero-order valence-corrected chi connectivity index (χ0v) is 20.5. The molecule has 1 saturated heterocycles. The predicted octanol–water partition coefficient (Wildman–Crippen LogP) is 5.40. The minimum absolute atomic E-state index is 0.195.